The van der Waals surface area contributed by atoms with Gasteiger partial charge in [-0.25, -0.2) is 0 Å². The molecule has 1 atom stereocenters. The summed E-state index contributed by atoms with van der Waals surface area (Å²) < 4.78 is 19.3. The molecule has 5 nitrogen and oxygen atoms in total. The minimum atomic E-state index is -0.844. The molecule has 0 amide bonds. The maximum atomic E-state index is 7.73. The molecule has 5 aromatic rings. The fraction of sp³-hybridized carbons (Fsp3) is 0.375. The van der Waals surface area contributed by atoms with Crippen molar-refractivity contribution in [1.82, 2.24) is 0 Å². The van der Waals surface area contributed by atoms with Crippen molar-refractivity contribution < 1.29 is 14.2 Å². The van der Waals surface area contributed by atoms with E-state index in [1.54, 1.807) is 7.11 Å². The van der Waals surface area contributed by atoms with Gasteiger partial charge >= 0.3 is 0 Å². The highest BCUT2D eigenvalue weighted by molar-refractivity contribution is 6.09. The Morgan fingerprint density at radius 1 is 0.774 bits per heavy atom. The molecule has 0 bridgehead atoms. The third kappa shape index (κ3) is 5.71. The van der Waals surface area contributed by atoms with Gasteiger partial charge in [0.1, 0.15) is 11.5 Å². The summed E-state index contributed by atoms with van der Waals surface area (Å²) in [6.45, 7) is 16.8. The summed E-state index contributed by atoms with van der Waals surface area (Å²) in [5.41, 5.74) is 11.7. The summed E-state index contributed by atoms with van der Waals surface area (Å²) in [6, 6.07) is 31.8. The molecule has 2 aliphatic heterocycles. The lowest BCUT2D eigenvalue weighted by Gasteiger charge is -2.40. The Morgan fingerprint density at radius 2 is 1.45 bits per heavy atom. The SMILES string of the molecule is CCCN(CCC)c1ccc(C2(c3ccc(N4CCOCC4)cc3)C=Cc3c4c(c5ccc(OC)cc5c3O2)-c2ccc(C)cc2C4(CC)CC)cc1. The van der Waals surface area contributed by atoms with Crippen molar-refractivity contribution in [3.8, 4) is 22.6 Å². The number of benzene rings is 5. The molecule has 274 valence electrons. The molecule has 5 aromatic carbocycles. The van der Waals surface area contributed by atoms with Crippen LogP contribution in [-0.4, -0.2) is 46.5 Å². The lowest BCUT2D eigenvalue weighted by molar-refractivity contribution is 0.122. The van der Waals surface area contributed by atoms with Crippen LogP contribution in [0.2, 0.25) is 0 Å². The minimum Gasteiger partial charge on any atom is -0.497 e. The van der Waals surface area contributed by atoms with Crippen LogP contribution >= 0.6 is 0 Å². The van der Waals surface area contributed by atoms with Gasteiger partial charge < -0.3 is 24.0 Å². The van der Waals surface area contributed by atoms with Crippen molar-refractivity contribution in [2.75, 3.05) is 56.3 Å². The Morgan fingerprint density at radius 3 is 2.09 bits per heavy atom. The zero-order valence-electron chi connectivity index (χ0n) is 32.4. The summed E-state index contributed by atoms with van der Waals surface area (Å²) in [5, 5.41) is 2.30. The minimum absolute atomic E-state index is 0.119. The van der Waals surface area contributed by atoms with Crippen molar-refractivity contribution in [2.45, 2.75) is 71.3 Å². The maximum absolute atomic E-state index is 7.73. The number of nitrogens with zero attached hydrogens (tertiary/aromatic N) is 2. The lowest BCUT2D eigenvalue weighted by Crippen LogP contribution is -2.37. The monoisotopic (exact) mass is 706 g/mol. The van der Waals surface area contributed by atoms with E-state index in [1.165, 1.54) is 50.1 Å². The van der Waals surface area contributed by atoms with E-state index in [1.807, 2.05) is 0 Å². The molecule has 1 aliphatic carbocycles. The second kappa shape index (κ2) is 14.2. The average molecular weight is 707 g/mol. The number of anilines is 2. The molecule has 1 fully saturated rings. The smallest absolute Gasteiger partial charge is 0.178 e. The Bertz CT molecular complexity index is 2140. The maximum Gasteiger partial charge on any atom is 0.178 e. The molecule has 0 radical (unpaired) electrons. The third-order valence-electron chi connectivity index (χ3n) is 12.2. The fourth-order valence-corrected chi connectivity index (χ4v) is 9.46. The Kier molecular flexibility index (Phi) is 9.49. The predicted molar refractivity (Wildman–Crippen MR) is 221 cm³/mol. The molecule has 2 heterocycles. The van der Waals surface area contributed by atoms with Gasteiger partial charge in [-0.15, -0.1) is 0 Å². The molecule has 53 heavy (non-hydrogen) atoms. The third-order valence-corrected chi connectivity index (χ3v) is 12.2. The normalized spacial score (nSPS) is 18.3. The number of ether oxygens (including phenoxy) is 3. The Balaban J connectivity index is 1.36. The summed E-state index contributed by atoms with van der Waals surface area (Å²) in [5.74, 6) is 1.75. The van der Waals surface area contributed by atoms with E-state index >= 15 is 0 Å². The first-order chi connectivity index (χ1) is 25.9. The van der Waals surface area contributed by atoms with Gasteiger partial charge in [0.2, 0.25) is 0 Å². The van der Waals surface area contributed by atoms with Gasteiger partial charge in [0.05, 0.1) is 20.3 Å². The molecule has 1 saturated heterocycles. The number of hydrogen-bond acceptors (Lipinski definition) is 5. The van der Waals surface area contributed by atoms with Crippen LogP contribution in [0.4, 0.5) is 11.4 Å². The van der Waals surface area contributed by atoms with Gasteiger partial charge in [-0.2, -0.15) is 0 Å². The van der Waals surface area contributed by atoms with Crippen LogP contribution in [0.25, 0.3) is 28.0 Å². The highest BCUT2D eigenvalue weighted by Gasteiger charge is 2.47. The summed E-state index contributed by atoms with van der Waals surface area (Å²) >= 11 is 0. The molecule has 5 heteroatoms. The van der Waals surface area contributed by atoms with Gasteiger partial charge in [0.15, 0.2) is 5.60 Å². The first-order valence-corrected chi connectivity index (χ1v) is 19.9. The standard InChI is InChI=1S/C48H54N2O3/c1-7-25-49(26-8-2)36-16-12-34(13-17-36)48(35-14-18-37(19-15-35)50-27-29-52-30-28-50)24-23-41-45-44(39-22-20-38(51-6)32-42(39)46(41)53-48)40-21-11-33(5)31-43(40)47(45,9-3)10-4/h11-24,31-32H,7-10,25-30H2,1-6H3. The first kappa shape index (κ1) is 35.3. The summed E-state index contributed by atoms with van der Waals surface area (Å²) in [4.78, 5) is 4.91. The van der Waals surface area contributed by atoms with Crippen LogP contribution in [-0.2, 0) is 15.8 Å². The molecular formula is C48H54N2O3. The predicted octanol–water partition coefficient (Wildman–Crippen LogP) is 11.1. The van der Waals surface area contributed by atoms with Crippen molar-refractivity contribution in [2.24, 2.45) is 0 Å². The van der Waals surface area contributed by atoms with E-state index in [-0.39, 0.29) is 5.41 Å². The van der Waals surface area contributed by atoms with Gasteiger partial charge in [0, 0.05) is 65.0 Å². The largest absolute Gasteiger partial charge is 0.497 e. The second-order valence-corrected chi connectivity index (χ2v) is 15.1. The zero-order valence-corrected chi connectivity index (χ0v) is 32.4. The molecular weight excluding hydrogens is 653 g/mol. The molecule has 3 aliphatic rings. The van der Waals surface area contributed by atoms with E-state index in [0.29, 0.717) is 0 Å². The van der Waals surface area contributed by atoms with Gasteiger partial charge in [-0.05, 0) is 109 Å². The van der Waals surface area contributed by atoms with Crippen LogP contribution in [0.1, 0.15) is 86.8 Å². The Labute approximate surface area is 316 Å². The molecule has 0 N–H and O–H groups in total. The summed E-state index contributed by atoms with van der Waals surface area (Å²) in [7, 11) is 1.75. The van der Waals surface area contributed by atoms with Crippen molar-refractivity contribution in [1.29, 1.82) is 0 Å². The number of rotatable bonds is 11. The van der Waals surface area contributed by atoms with Crippen LogP contribution in [0.15, 0.2) is 91.0 Å². The van der Waals surface area contributed by atoms with Crippen molar-refractivity contribution >= 4 is 28.2 Å². The molecule has 0 spiro atoms. The van der Waals surface area contributed by atoms with E-state index < -0.39 is 5.60 Å². The van der Waals surface area contributed by atoms with Crippen LogP contribution in [0.5, 0.6) is 11.5 Å². The highest BCUT2D eigenvalue weighted by atomic mass is 16.5. The lowest BCUT2D eigenvalue weighted by atomic mass is 9.71. The quantitative estimate of drug-likeness (QED) is 0.137. The van der Waals surface area contributed by atoms with Crippen molar-refractivity contribution in [3.05, 3.63) is 124 Å². The van der Waals surface area contributed by atoms with Crippen LogP contribution in [0, 0.1) is 6.92 Å². The van der Waals surface area contributed by atoms with Crippen LogP contribution < -0.4 is 19.3 Å². The molecule has 0 aromatic heterocycles. The molecule has 1 unspecified atom stereocenters. The number of morpholine rings is 1. The summed E-state index contributed by atoms with van der Waals surface area (Å²) in [6.07, 6.45) is 8.98. The highest BCUT2D eigenvalue weighted by Crippen LogP contribution is 2.60. The topological polar surface area (TPSA) is 34.2 Å². The molecule has 8 rings (SSSR count). The van der Waals surface area contributed by atoms with Gasteiger partial charge in [-0.3, -0.25) is 0 Å². The number of hydrogen-bond donors (Lipinski definition) is 0. The van der Waals surface area contributed by atoms with Gasteiger partial charge in [0.25, 0.3) is 0 Å². The average Bonchev–Trinajstić information content (AvgIpc) is 3.50. The number of methoxy groups -OCH3 is 1. The zero-order chi connectivity index (χ0) is 36.7. The van der Waals surface area contributed by atoms with Crippen LogP contribution in [0.3, 0.4) is 0 Å². The van der Waals surface area contributed by atoms with E-state index in [4.69, 9.17) is 14.2 Å². The second-order valence-electron chi connectivity index (χ2n) is 15.1. The van der Waals surface area contributed by atoms with E-state index in [2.05, 4.69) is 141 Å². The van der Waals surface area contributed by atoms with Crippen molar-refractivity contribution in [3.63, 3.8) is 0 Å². The number of fused-ring (bicyclic) bond motifs is 8. The number of aryl methyl sites for hydroxylation is 1. The first-order valence-electron chi connectivity index (χ1n) is 19.9. The van der Waals surface area contributed by atoms with E-state index in [9.17, 15) is 0 Å². The Hall–Kier alpha value is -4.74. The van der Waals surface area contributed by atoms with E-state index in [0.717, 1.165) is 93.1 Å². The van der Waals surface area contributed by atoms with Gasteiger partial charge in [-0.1, -0.05) is 81.8 Å². The molecule has 0 saturated carbocycles. The fourth-order valence-electron chi connectivity index (χ4n) is 9.46.